The van der Waals surface area contributed by atoms with Crippen molar-refractivity contribution in [1.82, 2.24) is 5.32 Å². The molecular formula is C29H36N2O3. The predicted molar refractivity (Wildman–Crippen MR) is 133 cm³/mol. The number of rotatable bonds is 6. The first-order valence-corrected chi connectivity index (χ1v) is 13.1. The van der Waals surface area contributed by atoms with Gasteiger partial charge in [-0.2, -0.15) is 0 Å². The van der Waals surface area contributed by atoms with Crippen LogP contribution in [0.2, 0.25) is 0 Å². The van der Waals surface area contributed by atoms with Crippen LogP contribution in [0, 0.1) is 23.2 Å². The number of hydrogen-bond donors (Lipinski definition) is 2. The smallest absolute Gasteiger partial charge is 0.226 e. The van der Waals surface area contributed by atoms with Gasteiger partial charge >= 0.3 is 0 Å². The summed E-state index contributed by atoms with van der Waals surface area (Å²) < 4.78 is 5.94. The maximum atomic E-state index is 13.5. The molecule has 34 heavy (non-hydrogen) atoms. The molecule has 2 unspecified atom stereocenters. The molecule has 1 aliphatic heterocycles. The number of ether oxygens (including phenoxy) is 1. The lowest BCUT2D eigenvalue weighted by Gasteiger charge is -2.58. The van der Waals surface area contributed by atoms with Gasteiger partial charge in [0.15, 0.2) is 0 Å². The number of benzene rings is 2. The van der Waals surface area contributed by atoms with E-state index in [1.54, 1.807) is 0 Å². The van der Waals surface area contributed by atoms with Crippen LogP contribution in [0.15, 0.2) is 54.6 Å². The zero-order valence-corrected chi connectivity index (χ0v) is 19.9. The van der Waals surface area contributed by atoms with Crippen LogP contribution in [0.25, 0.3) is 0 Å². The van der Waals surface area contributed by atoms with E-state index in [0.29, 0.717) is 24.4 Å². The van der Waals surface area contributed by atoms with Crippen molar-refractivity contribution in [1.29, 1.82) is 0 Å². The number of aliphatic hydroxyl groups is 1. The molecule has 2 aromatic carbocycles. The average Bonchev–Trinajstić information content (AvgIpc) is 2.86. The van der Waals surface area contributed by atoms with Gasteiger partial charge in [-0.15, -0.1) is 0 Å². The van der Waals surface area contributed by atoms with E-state index in [0.717, 1.165) is 69.3 Å². The molecule has 180 valence electrons. The molecule has 3 atom stereocenters. The zero-order valence-electron chi connectivity index (χ0n) is 19.9. The quantitative estimate of drug-likeness (QED) is 0.665. The minimum absolute atomic E-state index is 0.178. The van der Waals surface area contributed by atoms with E-state index in [1.165, 1.54) is 5.69 Å². The summed E-state index contributed by atoms with van der Waals surface area (Å²) in [5, 5.41) is 14.0. The summed E-state index contributed by atoms with van der Waals surface area (Å²) in [6.07, 6.45) is 6.97. The maximum absolute atomic E-state index is 13.5. The summed E-state index contributed by atoms with van der Waals surface area (Å²) in [6.45, 7) is 2.43. The molecule has 0 aromatic heterocycles. The monoisotopic (exact) mass is 460 g/mol. The molecular weight excluding hydrogens is 424 g/mol. The topological polar surface area (TPSA) is 61.8 Å². The fourth-order valence-electron chi connectivity index (χ4n) is 7.44. The molecule has 7 rings (SSSR count). The van der Waals surface area contributed by atoms with E-state index in [4.69, 9.17) is 4.74 Å². The molecule has 0 spiro atoms. The number of piperidine rings is 1. The first-order chi connectivity index (χ1) is 16.6. The van der Waals surface area contributed by atoms with Crippen LogP contribution in [-0.4, -0.2) is 36.2 Å². The Kier molecular flexibility index (Phi) is 5.76. The van der Waals surface area contributed by atoms with Gasteiger partial charge in [0.1, 0.15) is 12.4 Å². The van der Waals surface area contributed by atoms with Crippen LogP contribution in [0.3, 0.4) is 0 Å². The number of carbonyl (C=O) groups is 1. The molecule has 1 saturated heterocycles. The molecule has 2 aromatic rings. The molecule has 5 heteroatoms. The number of nitrogens with one attached hydrogen (secondary N) is 1. The Morgan fingerprint density at radius 3 is 2.50 bits per heavy atom. The predicted octanol–water partition coefficient (Wildman–Crippen LogP) is 4.54. The highest BCUT2D eigenvalue weighted by Crippen LogP contribution is 2.60. The van der Waals surface area contributed by atoms with Crippen molar-refractivity contribution in [2.24, 2.45) is 23.2 Å². The summed E-state index contributed by atoms with van der Waals surface area (Å²) in [6, 6.07) is 18.7. The van der Waals surface area contributed by atoms with E-state index in [1.807, 2.05) is 30.3 Å². The first-order valence-electron chi connectivity index (χ1n) is 13.1. The van der Waals surface area contributed by atoms with Gasteiger partial charge in [-0.1, -0.05) is 30.3 Å². The molecule has 5 fully saturated rings. The molecule has 5 nitrogen and oxygen atoms in total. The second-order valence-corrected chi connectivity index (χ2v) is 11.3. The van der Waals surface area contributed by atoms with E-state index in [9.17, 15) is 9.90 Å². The molecule has 2 N–H and O–H groups in total. The second kappa shape index (κ2) is 8.92. The van der Waals surface area contributed by atoms with E-state index in [-0.39, 0.29) is 23.5 Å². The van der Waals surface area contributed by atoms with Crippen molar-refractivity contribution in [2.75, 3.05) is 18.0 Å². The normalized spacial score (nSPS) is 34.1. The SMILES string of the molecule is O=C(N[C@H]1CCCN(c2ccc(OCc3ccccc3)cc2)C1)C12CC3CC(C1)C(O)C(C3)C2. The number of carbonyl (C=O) groups excluding carboxylic acids is 1. The van der Waals surface area contributed by atoms with Crippen LogP contribution >= 0.6 is 0 Å². The summed E-state index contributed by atoms with van der Waals surface area (Å²) in [7, 11) is 0. The van der Waals surface area contributed by atoms with Gasteiger partial charge in [-0.3, -0.25) is 4.79 Å². The third-order valence-electron chi connectivity index (χ3n) is 8.91. The Hall–Kier alpha value is -2.53. The Morgan fingerprint density at radius 1 is 1.03 bits per heavy atom. The van der Waals surface area contributed by atoms with E-state index < -0.39 is 0 Å². The lowest BCUT2D eigenvalue weighted by Crippen LogP contribution is -2.60. The van der Waals surface area contributed by atoms with Gasteiger partial charge in [-0.25, -0.2) is 0 Å². The first kappa shape index (κ1) is 22.0. The Morgan fingerprint density at radius 2 is 1.76 bits per heavy atom. The van der Waals surface area contributed by atoms with Gasteiger partial charge in [-0.05, 0) is 92.5 Å². The lowest BCUT2D eigenvalue weighted by molar-refractivity contribution is -0.163. The number of aliphatic hydroxyl groups excluding tert-OH is 1. The van der Waals surface area contributed by atoms with Crippen LogP contribution in [0.4, 0.5) is 5.69 Å². The van der Waals surface area contributed by atoms with Crippen LogP contribution in [-0.2, 0) is 11.4 Å². The Bertz CT molecular complexity index is 992. The van der Waals surface area contributed by atoms with Gasteiger partial charge < -0.3 is 20.1 Å². The fourth-order valence-corrected chi connectivity index (χ4v) is 7.44. The number of hydrogen-bond acceptors (Lipinski definition) is 4. The minimum atomic E-state index is -0.226. The maximum Gasteiger partial charge on any atom is 0.226 e. The molecule has 4 aliphatic carbocycles. The number of anilines is 1. The molecule has 4 bridgehead atoms. The van der Waals surface area contributed by atoms with Crippen molar-refractivity contribution in [3.05, 3.63) is 60.2 Å². The summed E-state index contributed by atoms with van der Waals surface area (Å²) in [5.74, 6) is 2.44. The number of nitrogens with zero attached hydrogens (tertiary/aromatic N) is 1. The van der Waals surface area contributed by atoms with Crippen molar-refractivity contribution in [3.63, 3.8) is 0 Å². The minimum Gasteiger partial charge on any atom is -0.489 e. The van der Waals surface area contributed by atoms with Gasteiger partial charge in [0.05, 0.1) is 11.5 Å². The second-order valence-electron chi connectivity index (χ2n) is 11.3. The van der Waals surface area contributed by atoms with Gasteiger partial charge in [0, 0.05) is 24.8 Å². The summed E-state index contributed by atoms with van der Waals surface area (Å²) in [5.41, 5.74) is 2.12. The third kappa shape index (κ3) is 4.19. The van der Waals surface area contributed by atoms with Crippen LogP contribution in [0.1, 0.15) is 50.5 Å². The van der Waals surface area contributed by atoms with Crippen molar-refractivity contribution < 1.29 is 14.6 Å². The largest absolute Gasteiger partial charge is 0.489 e. The van der Waals surface area contributed by atoms with Crippen molar-refractivity contribution in [3.8, 4) is 5.75 Å². The van der Waals surface area contributed by atoms with Gasteiger partial charge in [0.25, 0.3) is 0 Å². The molecule has 5 aliphatic rings. The number of amides is 1. The van der Waals surface area contributed by atoms with E-state index >= 15 is 0 Å². The molecule has 1 amide bonds. The summed E-state index contributed by atoms with van der Waals surface area (Å²) in [4.78, 5) is 15.9. The van der Waals surface area contributed by atoms with E-state index in [2.05, 4.69) is 34.5 Å². The highest BCUT2D eigenvalue weighted by molar-refractivity contribution is 5.83. The standard InChI is InChI=1S/C29H36N2O3/c32-27-22-13-21-14-23(27)17-29(15-21,16-22)28(33)30-24-7-4-12-31(18-24)25-8-10-26(11-9-25)34-19-20-5-2-1-3-6-20/h1-3,5-6,8-11,21-24,27,32H,4,7,12-19H2,(H,30,33)/t21?,22?,23?,24-,27?,29?/m0/s1. The van der Waals surface area contributed by atoms with Crippen LogP contribution in [0.5, 0.6) is 5.75 Å². The molecule has 1 heterocycles. The Balaban J connectivity index is 1.06. The Labute approximate surface area is 202 Å². The third-order valence-corrected chi connectivity index (χ3v) is 8.91. The van der Waals surface area contributed by atoms with Crippen LogP contribution < -0.4 is 15.0 Å². The lowest BCUT2D eigenvalue weighted by atomic mass is 9.48. The van der Waals surface area contributed by atoms with Crippen molar-refractivity contribution in [2.45, 2.75) is 63.7 Å². The molecule has 0 radical (unpaired) electrons. The highest BCUT2D eigenvalue weighted by atomic mass is 16.5. The van der Waals surface area contributed by atoms with Gasteiger partial charge in [0.2, 0.25) is 5.91 Å². The zero-order chi connectivity index (χ0) is 23.1. The fraction of sp³-hybridized carbons (Fsp3) is 0.552. The highest BCUT2D eigenvalue weighted by Gasteiger charge is 2.58. The summed E-state index contributed by atoms with van der Waals surface area (Å²) >= 11 is 0. The average molecular weight is 461 g/mol. The molecule has 4 saturated carbocycles. The van der Waals surface area contributed by atoms with Crippen molar-refractivity contribution >= 4 is 11.6 Å².